The zero-order chi connectivity index (χ0) is 17.9. The Morgan fingerprint density at radius 3 is 2.77 bits per heavy atom. The van der Waals surface area contributed by atoms with E-state index in [2.05, 4.69) is 37.3 Å². The van der Waals surface area contributed by atoms with Crippen molar-refractivity contribution in [3.8, 4) is 0 Å². The highest BCUT2D eigenvalue weighted by Gasteiger charge is 2.12. The second-order valence-electron chi connectivity index (χ2n) is 6.16. The van der Waals surface area contributed by atoms with Gasteiger partial charge in [0.05, 0.1) is 17.4 Å². The Balaban J connectivity index is 1.74. The molecule has 0 N–H and O–H groups in total. The van der Waals surface area contributed by atoms with Gasteiger partial charge in [-0.1, -0.05) is 59.8 Å². The lowest BCUT2D eigenvalue weighted by atomic mass is 10.2. The zero-order valence-corrected chi connectivity index (χ0v) is 16.0. The summed E-state index contributed by atoms with van der Waals surface area (Å²) in [4.78, 5) is 19.0. The van der Waals surface area contributed by atoms with E-state index in [0.29, 0.717) is 11.9 Å². The van der Waals surface area contributed by atoms with Crippen molar-refractivity contribution in [3.63, 3.8) is 0 Å². The van der Waals surface area contributed by atoms with Gasteiger partial charge in [0.1, 0.15) is 0 Å². The average Bonchev–Trinajstić information content (AvgIpc) is 3.16. The molecule has 26 heavy (non-hydrogen) atoms. The first-order valence-corrected chi connectivity index (χ1v) is 10.3. The van der Waals surface area contributed by atoms with Crippen LogP contribution in [0.15, 0.2) is 76.0 Å². The molecular formula is C21H18N2OS2. The van der Waals surface area contributed by atoms with Gasteiger partial charge in [-0.2, -0.15) is 0 Å². The van der Waals surface area contributed by atoms with Crippen LogP contribution in [0.1, 0.15) is 16.0 Å². The molecule has 0 saturated carbocycles. The molecule has 0 bridgehead atoms. The molecule has 0 aliphatic rings. The summed E-state index contributed by atoms with van der Waals surface area (Å²) in [6.07, 6.45) is 0. The minimum Gasteiger partial charge on any atom is -0.282 e. The van der Waals surface area contributed by atoms with E-state index in [-0.39, 0.29) is 5.56 Å². The van der Waals surface area contributed by atoms with Crippen LogP contribution in [0.5, 0.6) is 0 Å². The van der Waals surface area contributed by atoms with Gasteiger partial charge >= 0.3 is 0 Å². The fourth-order valence-corrected chi connectivity index (χ4v) is 4.54. The van der Waals surface area contributed by atoms with Gasteiger partial charge in [0.2, 0.25) is 0 Å². The number of nitrogens with zero attached hydrogens (tertiary/aromatic N) is 2. The summed E-state index contributed by atoms with van der Waals surface area (Å²) in [6.45, 7) is 2.65. The zero-order valence-electron chi connectivity index (χ0n) is 14.4. The summed E-state index contributed by atoms with van der Waals surface area (Å²) < 4.78 is 1.80. The minimum atomic E-state index is 0.0238. The topological polar surface area (TPSA) is 34.9 Å². The molecule has 0 fully saturated rings. The van der Waals surface area contributed by atoms with Crippen molar-refractivity contribution in [3.05, 3.63) is 92.4 Å². The number of thiophene rings is 1. The summed E-state index contributed by atoms with van der Waals surface area (Å²) in [5.74, 6) is 0.789. The largest absolute Gasteiger partial charge is 0.282 e. The van der Waals surface area contributed by atoms with Crippen molar-refractivity contribution in [2.45, 2.75) is 24.4 Å². The van der Waals surface area contributed by atoms with Gasteiger partial charge in [-0.15, -0.1) is 11.3 Å². The maximum absolute atomic E-state index is 13.1. The molecule has 5 heteroatoms. The molecular weight excluding hydrogens is 360 g/mol. The summed E-state index contributed by atoms with van der Waals surface area (Å²) >= 11 is 3.28. The number of thioether (sulfide) groups is 1. The van der Waals surface area contributed by atoms with Crippen LogP contribution in [-0.4, -0.2) is 9.55 Å². The smallest absolute Gasteiger partial charge is 0.262 e. The molecule has 130 valence electrons. The maximum Gasteiger partial charge on any atom is 0.262 e. The third kappa shape index (κ3) is 3.59. The second kappa shape index (κ2) is 7.48. The number of aryl methyl sites for hydroxylation is 1. The van der Waals surface area contributed by atoms with E-state index in [0.717, 1.165) is 21.3 Å². The number of hydrogen-bond donors (Lipinski definition) is 0. The second-order valence-corrected chi connectivity index (χ2v) is 8.13. The highest BCUT2D eigenvalue weighted by molar-refractivity contribution is 7.98. The molecule has 0 unspecified atom stereocenters. The first-order valence-electron chi connectivity index (χ1n) is 8.41. The molecule has 2 aromatic heterocycles. The molecule has 0 aliphatic carbocycles. The fraction of sp³-hybridized carbons (Fsp3) is 0.143. The number of para-hydroxylation sites is 1. The monoisotopic (exact) mass is 378 g/mol. The van der Waals surface area contributed by atoms with Gasteiger partial charge in [-0.3, -0.25) is 9.36 Å². The number of fused-ring (bicyclic) bond motifs is 1. The number of rotatable bonds is 5. The molecule has 0 amide bonds. The summed E-state index contributed by atoms with van der Waals surface area (Å²) in [5.41, 5.74) is 3.26. The summed E-state index contributed by atoms with van der Waals surface area (Å²) in [6, 6.07) is 20.1. The predicted molar refractivity (Wildman–Crippen MR) is 110 cm³/mol. The molecule has 2 aromatic carbocycles. The van der Waals surface area contributed by atoms with Crippen molar-refractivity contribution < 1.29 is 0 Å². The molecule has 4 rings (SSSR count). The van der Waals surface area contributed by atoms with E-state index >= 15 is 0 Å². The quantitative estimate of drug-likeness (QED) is 0.358. The molecule has 0 aliphatic heterocycles. The van der Waals surface area contributed by atoms with Crippen LogP contribution in [0.3, 0.4) is 0 Å². The predicted octanol–water partition coefficient (Wildman–Crippen LogP) is 5.11. The van der Waals surface area contributed by atoms with E-state index in [9.17, 15) is 4.79 Å². The van der Waals surface area contributed by atoms with Crippen LogP contribution in [0, 0.1) is 6.92 Å². The standard InChI is InChI=1S/C21H18N2OS2/c1-15-6-4-7-16(12-15)14-26-21-22-19-10-3-2-9-18(19)20(24)23(21)13-17-8-5-11-25-17/h2-12H,13-14H2,1H3. The SMILES string of the molecule is Cc1cccc(CSc2nc3ccccc3c(=O)n2Cc2cccs2)c1. The molecule has 0 radical (unpaired) electrons. The van der Waals surface area contributed by atoms with E-state index in [1.165, 1.54) is 11.1 Å². The van der Waals surface area contributed by atoms with Gasteiger partial charge in [0.15, 0.2) is 5.16 Å². The van der Waals surface area contributed by atoms with Gasteiger partial charge in [-0.25, -0.2) is 4.98 Å². The minimum absolute atomic E-state index is 0.0238. The Morgan fingerprint density at radius 1 is 1.08 bits per heavy atom. The highest BCUT2D eigenvalue weighted by Crippen LogP contribution is 2.24. The Morgan fingerprint density at radius 2 is 1.96 bits per heavy atom. The third-order valence-electron chi connectivity index (χ3n) is 4.17. The van der Waals surface area contributed by atoms with Crippen LogP contribution >= 0.6 is 23.1 Å². The lowest BCUT2D eigenvalue weighted by Crippen LogP contribution is -2.23. The van der Waals surface area contributed by atoms with Crippen LogP contribution < -0.4 is 5.56 Å². The number of hydrogen-bond acceptors (Lipinski definition) is 4. The normalized spacial score (nSPS) is 11.1. The van der Waals surface area contributed by atoms with Gasteiger partial charge in [-0.05, 0) is 36.1 Å². The molecule has 0 saturated heterocycles. The molecule has 0 atom stereocenters. The molecule has 4 aromatic rings. The van der Waals surface area contributed by atoms with Crippen LogP contribution in [0.4, 0.5) is 0 Å². The van der Waals surface area contributed by atoms with Crippen molar-refractivity contribution >= 4 is 34.0 Å². The van der Waals surface area contributed by atoms with E-state index in [1.807, 2.05) is 35.7 Å². The Kier molecular flexibility index (Phi) is 4.91. The van der Waals surface area contributed by atoms with Gasteiger partial charge in [0, 0.05) is 10.6 Å². The van der Waals surface area contributed by atoms with E-state index in [4.69, 9.17) is 4.98 Å². The summed E-state index contributed by atoms with van der Waals surface area (Å²) in [5, 5.41) is 3.47. The van der Waals surface area contributed by atoms with Crippen molar-refractivity contribution in [1.82, 2.24) is 9.55 Å². The average molecular weight is 379 g/mol. The van der Waals surface area contributed by atoms with Crippen molar-refractivity contribution in [1.29, 1.82) is 0 Å². The maximum atomic E-state index is 13.1. The van der Waals surface area contributed by atoms with E-state index in [1.54, 1.807) is 27.7 Å². The van der Waals surface area contributed by atoms with Crippen LogP contribution in [0.2, 0.25) is 0 Å². The van der Waals surface area contributed by atoms with Crippen molar-refractivity contribution in [2.24, 2.45) is 0 Å². The highest BCUT2D eigenvalue weighted by atomic mass is 32.2. The lowest BCUT2D eigenvalue weighted by Gasteiger charge is -2.12. The first-order chi connectivity index (χ1) is 12.7. The van der Waals surface area contributed by atoms with Crippen LogP contribution in [0.25, 0.3) is 10.9 Å². The van der Waals surface area contributed by atoms with E-state index < -0.39 is 0 Å². The first kappa shape index (κ1) is 17.1. The Labute approximate surface area is 160 Å². The number of benzene rings is 2. The van der Waals surface area contributed by atoms with Gasteiger partial charge < -0.3 is 0 Å². The van der Waals surface area contributed by atoms with Crippen molar-refractivity contribution in [2.75, 3.05) is 0 Å². The molecule has 0 spiro atoms. The fourth-order valence-electron chi connectivity index (χ4n) is 2.91. The lowest BCUT2D eigenvalue weighted by molar-refractivity contribution is 0.664. The van der Waals surface area contributed by atoms with Gasteiger partial charge in [0.25, 0.3) is 5.56 Å². The Hall–Kier alpha value is -2.37. The Bertz CT molecular complexity index is 1100. The van der Waals surface area contributed by atoms with Crippen LogP contribution in [-0.2, 0) is 12.3 Å². The molecule has 3 nitrogen and oxygen atoms in total. The third-order valence-corrected chi connectivity index (χ3v) is 6.08. The molecule has 2 heterocycles. The summed E-state index contributed by atoms with van der Waals surface area (Å²) in [7, 11) is 0. The number of aromatic nitrogens is 2.